The molecule has 0 saturated heterocycles. The Morgan fingerprint density at radius 2 is 1.83 bits per heavy atom. The van der Waals surface area contributed by atoms with Crippen molar-refractivity contribution in [2.24, 2.45) is 0 Å². The summed E-state index contributed by atoms with van der Waals surface area (Å²) in [5.41, 5.74) is 0.309. The lowest BCUT2D eigenvalue weighted by Crippen LogP contribution is -2.21. The molecule has 0 radical (unpaired) electrons. The molecule has 0 aliphatic rings. The quantitative estimate of drug-likeness (QED) is 0.600. The van der Waals surface area contributed by atoms with Crippen molar-refractivity contribution in [2.75, 3.05) is 0 Å². The van der Waals surface area contributed by atoms with E-state index in [4.69, 9.17) is 0 Å². The van der Waals surface area contributed by atoms with Crippen molar-refractivity contribution in [3.63, 3.8) is 0 Å². The van der Waals surface area contributed by atoms with Gasteiger partial charge in [-0.05, 0) is 13.8 Å². The normalized spacial score (nSPS) is 11.2. The van der Waals surface area contributed by atoms with Gasteiger partial charge in [0, 0.05) is 0 Å². The number of hydrogen-bond donors (Lipinski definition) is 3. The molecule has 3 heterocycles. The zero-order valence-corrected chi connectivity index (χ0v) is 10.4. The van der Waals surface area contributed by atoms with E-state index >= 15 is 0 Å². The molecule has 0 aliphatic heterocycles. The third kappa shape index (κ3) is 1.58. The summed E-state index contributed by atoms with van der Waals surface area (Å²) in [4.78, 5) is 39.6. The van der Waals surface area contributed by atoms with Crippen LogP contribution in [0.2, 0.25) is 0 Å². The van der Waals surface area contributed by atoms with E-state index in [1.165, 1.54) is 11.3 Å². The standard InChI is InChI=1S/C10H9N5O2S/c1-3-6(18-4(2)11-3)8-12-5-7(13-8)14-10(17)15-9(5)16/h1-2H3,(H3,12,13,14,15,16,17). The fourth-order valence-corrected chi connectivity index (χ4v) is 2.66. The van der Waals surface area contributed by atoms with Gasteiger partial charge in [0.1, 0.15) is 5.52 Å². The van der Waals surface area contributed by atoms with Gasteiger partial charge in [0.05, 0.1) is 15.6 Å². The molecule has 3 rings (SSSR count). The van der Waals surface area contributed by atoms with Crippen LogP contribution in [0.1, 0.15) is 10.7 Å². The summed E-state index contributed by atoms with van der Waals surface area (Å²) >= 11 is 1.48. The first-order chi connectivity index (χ1) is 8.54. The molecule has 0 spiro atoms. The van der Waals surface area contributed by atoms with Crippen molar-refractivity contribution >= 4 is 22.5 Å². The SMILES string of the molecule is Cc1nc(C)c(-c2nc3[nH]c(=O)[nH]c(=O)c3[nH]2)s1. The number of H-pyrrole nitrogens is 3. The highest BCUT2D eigenvalue weighted by molar-refractivity contribution is 7.15. The van der Waals surface area contributed by atoms with Crippen LogP contribution in [0.4, 0.5) is 0 Å². The van der Waals surface area contributed by atoms with E-state index in [1.807, 2.05) is 13.8 Å². The number of aryl methyl sites for hydroxylation is 2. The Morgan fingerprint density at radius 3 is 2.50 bits per heavy atom. The fraction of sp³-hybridized carbons (Fsp3) is 0.200. The molecule has 3 aromatic heterocycles. The Labute approximate surface area is 104 Å². The lowest BCUT2D eigenvalue weighted by molar-refractivity contribution is 1.07. The zero-order chi connectivity index (χ0) is 12.9. The first-order valence-corrected chi connectivity index (χ1v) is 6.03. The average molecular weight is 263 g/mol. The zero-order valence-electron chi connectivity index (χ0n) is 9.62. The molecule has 7 nitrogen and oxygen atoms in total. The maximum atomic E-state index is 11.6. The van der Waals surface area contributed by atoms with Crippen LogP contribution in [0.15, 0.2) is 9.59 Å². The second-order valence-corrected chi connectivity index (χ2v) is 5.07. The van der Waals surface area contributed by atoms with E-state index in [0.717, 1.165) is 15.6 Å². The third-order valence-electron chi connectivity index (χ3n) is 2.51. The number of nitrogens with zero attached hydrogens (tertiary/aromatic N) is 2. The number of thiazole rings is 1. The van der Waals surface area contributed by atoms with E-state index < -0.39 is 11.2 Å². The van der Waals surface area contributed by atoms with Crippen LogP contribution in [0, 0.1) is 13.8 Å². The molecule has 0 amide bonds. The third-order valence-corrected chi connectivity index (χ3v) is 3.59. The second kappa shape index (κ2) is 3.64. The number of nitrogens with one attached hydrogen (secondary N) is 3. The summed E-state index contributed by atoms with van der Waals surface area (Å²) in [6, 6.07) is 0. The van der Waals surface area contributed by atoms with E-state index in [2.05, 4.69) is 24.9 Å². The van der Waals surface area contributed by atoms with Crippen molar-refractivity contribution in [2.45, 2.75) is 13.8 Å². The number of fused-ring (bicyclic) bond motifs is 1. The number of aromatic amines is 3. The van der Waals surface area contributed by atoms with Crippen LogP contribution >= 0.6 is 11.3 Å². The Morgan fingerprint density at radius 1 is 1.06 bits per heavy atom. The average Bonchev–Trinajstić information content (AvgIpc) is 2.81. The van der Waals surface area contributed by atoms with E-state index in [0.29, 0.717) is 5.82 Å². The Balaban J connectivity index is 2.32. The summed E-state index contributed by atoms with van der Waals surface area (Å²) in [7, 11) is 0. The molecular weight excluding hydrogens is 254 g/mol. The van der Waals surface area contributed by atoms with Gasteiger partial charge >= 0.3 is 5.69 Å². The number of hydrogen-bond acceptors (Lipinski definition) is 5. The van der Waals surface area contributed by atoms with Crippen molar-refractivity contribution in [3.05, 3.63) is 31.5 Å². The smallest absolute Gasteiger partial charge is 0.327 e. The summed E-state index contributed by atoms with van der Waals surface area (Å²) in [6.07, 6.45) is 0. The molecule has 3 N–H and O–H groups in total. The predicted octanol–water partition coefficient (Wildman–Crippen LogP) is 0.680. The van der Waals surface area contributed by atoms with Gasteiger partial charge in [-0.25, -0.2) is 14.8 Å². The van der Waals surface area contributed by atoms with Crippen molar-refractivity contribution in [1.29, 1.82) is 0 Å². The first kappa shape index (κ1) is 10.9. The molecule has 8 heteroatoms. The second-order valence-electron chi connectivity index (χ2n) is 3.86. The van der Waals surface area contributed by atoms with Crippen LogP contribution in [0.25, 0.3) is 21.9 Å². The number of imidazole rings is 1. The van der Waals surface area contributed by atoms with Crippen LogP contribution in [-0.4, -0.2) is 24.9 Å². The van der Waals surface area contributed by atoms with Gasteiger partial charge in [-0.2, -0.15) is 0 Å². The monoisotopic (exact) mass is 263 g/mol. The molecular formula is C10H9N5O2S. The molecule has 0 unspecified atom stereocenters. The van der Waals surface area contributed by atoms with Crippen molar-refractivity contribution in [1.82, 2.24) is 24.9 Å². The van der Waals surface area contributed by atoms with E-state index in [-0.39, 0.29) is 11.2 Å². The van der Waals surface area contributed by atoms with Crippen LogP contribution < -0.4 is 11.2 Å². The molecule has 3 aromatic rings. The van der Waals surface area contributed by atoms with Crippen LogP contribution in [0.5, 0.6) is 0 Å². The van der Waals surface area contributed by atoms with Crippen LogP contribution in [-0.2, 0) is 0 Å². The molecule has 92 valence electrons. The maximum Gasteiger partial charge on any atom is 0.327 e. The van der Waals surface area contributed by atoms with Gasteiger partial charge in [0.15, 0.2) is 11.5 Å². The minimum atomic E-state index is -0.567. The van der Waals surface area contributed by atoms with E-state index in [9.17, 15) is 9.59 Å². The predicted molar refractivity (Wildman–Crippen MR) is 67.9 cm³/mol. The molecule has 0 atom stereocenters. The number of aromatic nitrogens is 5. The topological polar surface area (TPSA) is 107 Å². The summed E-state index contributed by atoms with van der Waals surface area (Å²) in [5, 5.41) is 0.922. The highest BCUT2D eigenvalue weighted by Gasteiger charge is 2.14. The summed E-state index contributed by atoms with van der Waals surface area (Å²) in [6.45, 7) is 3.78. The van der Waals surface area contributed by atoms with Gasteiger partial charge in [-0.15, -0.1) is 11.3 Å². The Hall–Kier alpha value is -2.22. The number of rotatable bonds is 1. The van der Waals surface area contributed by atoms with E-state index in [1.54, 1.807) is 0 Å². The highest BCUT2D eigenvalue weighted by Crippen LogP contribution is 2.27. The molecule has 0 bridgehead atoms. The molecule has 18 heavy (non-hydrogen) atoms. The van der Waals surface area contributed by atoms with Gasteiger partial charge in [0.2, 0.25) is 0 Å². The minimum Gasteiger partial charge on any atom is -0.331 e. The molecule has 0 aliphatic carbocycles. The first-order valence-electron chi connectivity index (χ1n) is 5.21. The van der Waals surface area contributed by atoms with Gasteiger partial charge in [0.25, 0.3) is 5.56 Å². The summed E-state index contributed by atoms with van der Waals surface area (Å²) in [5.74, 6) is 0.542. The van der Waals surface area contributed by atoms with Crippen molar-refractivity contribution < 1.29 is 0 Å². The largest absolute Gasteiger partial charge is 0.331 e. The molecule has 0 saturated carbocycles. The highest BCUT2D eigenvalue weighted by atomic mass is 32.1. The van der Waals surface area contributed by atoms with Crippen LogP contribution in [0.3, 0.4) is 0 Å². The lowest BCUT2D eigenvalue weighted by atomic mass is 10.4. The lowest BCUT2D eigenvalue weighted by Gasteiger charge is -1.89. The minimum absolute atomic E-state index is 0.254. The summed E-state index contributed by atoms with van der Waals surface area (Å²) < 4.78 is 0. The Bertz CT molecular complexity index is 853. The van der Waals surface area contributed by atoms with Crippen molar-refractivity contribution in [3.8, 4) is 10.7 Å². The Kier molecular flexibility index (Phi) is 2.20. The van der Waals surface area contributed by atoms with Gasteiger partial charge in [-0.1, -0.05) is 0 Å². The van der Waals surface area contributed by atoms with Gasteiger partial charge in [-0.3, -0.25) is 14.8 Å². The van der Waals surface area contributed by atoms with Gasteiger partial charge < -0.3 is 4.98 Å². The molecule has 0 fully saturated rings. The molecule has 0 aromatic carbocycles. The fourth-order valence-electron chi connectivity index (χ4n) is 1.79. The maximum absolute atomic E-state index is 11.6.